The monoisotopic (exact) mass is 207 g/mol. The molecule has 0 heterocycles. The lowest BCUT2D eigenvalue weighted by molar-refractivity contribution is 0.109. The van der Waals surface area contributed by atoms with E-state index in [9.17, 15) is 8.42 Å². The van der Waals surface area contributed by atoms with Gasteiger partial charge in [-0.05, 0) is 19.3 Å². The molecule has 4 heteroatoms. The highest BCUT2D eigenvalue weighted by atomic mass is 32.2. The maximum atomic E-state index is 11.4. The Kier molecular flexibility index (Phi) is 3.22. The predicted octanol–water partition coefficient (Wildman–Crippen LogP) is 1.70. The van der Waals surface area contributed by atoms with Gasteiger partial charge in [-0.2, -0.15) is 4.31 Å². The summed E-state index contributed by atoms with van der Waals surface area (Å²) in [4.78, 5) is 0. The minimum absolute atomic E-state index is 0.0785. The van der Waals surface area contributed by atoms with Gasteiger partial charge in [0.15, 0.2) is 0 Å². The fraction of sp³-hybridized carbons (Fsp3) is 1.00. The molecule has 0 amide bonds. The number of sulfonamides is 1. The Morgan fingerprint density at radius 3 is 1.38 bits per heavy atom. The first-order valence-corrected chi connectivity index (χ1v) is 6.19. The molecule has 0 bridgehead atoms. The Balaban J connectivity index is 5.09. The van der Waals surface area contributed by atoms with Gasteiger partial charge in [0, 0.05) is 12.6 Å². The SMILES string of the molecule is CN(C(C)(C)C(C)(C)C)S(C)(=O)=O. The van der Waals surface area contributed by atoms with Crippen molar-refractivity contribution in [3.8, 4) is 0 Å². The average molecular weight is 207 g/mol. The molecule has 0 fully saturated rings. The predicted molar refractivity (Wildman–Crippen MR) is 56.1 cm³/mol. The zero-order valence-corrected chi connectivity index (χ0v) is 10.5. The van der Waals surface area contributed by atoms with Crippen molar-refractivity contribution in [1.29, 1.82) is 0 Å². The third-order valence-corrected chi connectivity index (χ3v) is 4.57. The fourth-order valence-corrected chi connectivity index (χ4v) is 1.99. The van der Waals surface area contributed by atoms with Crippen LogP contribution in [0, 0.1) is 5.41 Å². The molecule has 0 saturated heterocycles. The number of rotatable bonds is 2. The molecular formula is C9H21NO2S. The highest BCUT2D eigenvalue weighted by Gasteiger charge is 2.40. The van der Waals surface area contributed by atoms with E-state index in [1.54, 1.807) is 7.05 Å². The van der Waals surface area contributed by atoms with Gasteiger partial charge in [-0.15, -0.1) is 0 Å². The molecule has 80 valence electrons. The van der Waals surface area contributed by atoms with Crippen LogP contribution in [-0.4, -0.2) is 31.6 Å². The Bertz CT molecular complexity index is 272. The van der Waals surface area contributed by atoms with Gasteiger partial charge < -0.3 is 0 Å². The number of hydrogen-bond donors (Lipinski definition) is 0. The lowest BCUT2D eigenvalue weighted by Crippen LogP contribution is -2.52. The van der Waals surface area contributed by atoms with Crippen molar-refractivity contribution in [2.24, 2.45) is 5.41 Å². The molecule has 0 unspecified atom stereocenters. The minimum Gasteiger partial charge on any atom is -0.212 e. The van der Waals surface area contributed by atoms with Crippen LogP contribution in [0.25, 0.3) is 0 Å². The summed E-state index contributed by atoms with van der Waals surface area (Å²) >= 11 is 0. The van der Waals surface area contributed by atoms with Crippen LogP contribution in [0.4, 0.5) is 0 Å². The second-order valence-electron chi connectivity index (χ2n) is 5.04. The largest absolute Gasteiger partial charge is 0.212 e. The average Bonchev–Trinajstić information content (AvgIpc) is 1.81. The zero-order chi connectivity index (χ0) is 11.1. The smallest absolute Gasteiger partial charge is 0.211 e. The number of nitrogens with zero attached hydrogens (tertiary/aromatic N) is 1. The lowest BCUT2D eigenvalue weighted by atomic mass is 9.76. The molecule has 0 rings (SSSR count). The van der Waals surface area contributed by atoms with Crippen LogP contribution < -0.4 is 0 Å². The summed E-state index contributed by atoms with van der Waals surface area (Å²) in [6, 6.07) is 0. The molecule has 0 atom stereocenters. The van der Waals surface area contributed by atoms with Gasteiger partial charge in [0.25, 0.3) is 0 Å². The Labute approximate surface area is 82.2 Å². The van der Waals surface area contributed by atoms with Gasteiger partial charge in [-0.3, -0.25) is 0 Å². The maximum absolute atomic E-state index is 11.4. The molecule has 0 aliphatic carbocycles. The maximum Gasteiger partial charge on any atom is 0.211 e. The van der Waals surface area contributed by atoms with Crippen LogP contribution >= 0.6 is 0 Å². The zero-order valence-electron chi connectivity index (χ0n) is 9.67. The van der Waals surface area contributed by atoms with Crippen molar-refractivity contribution >= 4 is 10.0 Å². The quantitative estimate of drug-likeness (QED) is 0.691. The third-order valence-electron chi connectivity index (χ3n) is 3.12. The van der Waals surface area contributed by atoms with Gasteiger partial charge in [-0.25, -0.2) is 8.42 Å². The molecule has 0 aromatic rings. The molecule has 13 heavy (non-hydrogen) atoms. The molecule has 0 spiro atoms. The first kappa shape index (κ1) is 12.9. The first-order chi connectivity index (χ1) is 5.40. The molecular weight excluding hydrogens is 186 g/mol. The summed E-state index contributed by atoms with van der Waals surface area (Å²) in [5.74, 6) is 0. The highest BCUT2D eigenvalue weighted by molar-refractivity contribution is 7.88. The van der Waals surface area contributed by atoms with E-state index in [4.69, 9.17) is 0 Å². The Hall–Kier alpha value is -0.0900. The van der Waals surface area contributed by atoms with Gasteiger partial charge in [0.1, 0.15) is 0 Å². The summed E-state index contributed by atoms with van der Waals surface area (Å²) < 4.78 is 24.1. The first-order valence-electron chi connectivity index (χ1n) is 4.34. The minimum atomic E-state index is -3.11. The second kappa shape index (κ2) is 3.24. The van der Waals surface area contributed by atoms with E-state index in [0.717, 1.165) is 0 Å². The summed E-state index contributed by atoms with van der Waals surface area (Å²) in [6.45, 7) is 9.99. The molecule has 0 saturated carbocycles. The van der Waals surface area contributed by atoms with E-state index in [0.29, 0.717) is 0 Å². The van der Waals surface area contributed by atoms with Crippen molar-refractivity contribution in [3.05, 3.63) is 0 Å². The molecule has 0 aromatic carbocycles. The van der Waals surface area contributed by atoms with Crippen LogP contribution in [0.15, 0.2) is 0 Å². The van der Waals surface area contributed by atoms with Crippen molar-refractivity contribution in [2.75, 3.05) is 13.3 Å². The van der Waals surface area contributed by atoms with Crippen molar-refractivity contribution in [1.82, 2.24) is 4.31 Å². The van der Waals surface area contributed by atoms with Crippen molar-refractivity contribution in [3.63, 3.8) is 0 Å². The standard InChI is InChI=1S/C9H21NO2S/c1-8(2,3)9(4,5)10(6)13(7,11)12/h1-7H3. The van der Waals surface area contributed by atoms with Crippen LogP contribution in [0.2, 0.25) is 0 Å². The van der Waals surface area contributed by atoms with E-state index < -0.39 is 10.0 Å². The number of hydrogen-bond acceptors (Lipinski definition) is 2. The van der Waals surface area contributed by atoms with E-state index in [1.165, 1.54) is 10.6 Å². The normalized spacial score (nSPS) is 15.1. The second-order valence-corrected chi connectivity index (χ2v) is 7.05. The van der Waals surface area contributed by atoms with Crippen LogP contribution in [-0.2, 0) is 10.0 Å². The highest BCUT2D eigenvalue weighted by Crippen LogP contribution is 2.35. The van der Waals surface area contributed by atoms with Gasteiger partial charge in [-0.1, -0.05) is 20.8 Å². The van der Waals surface area contributed by atoms with Crippen molar-refractivity contribution < 1.29 is 8.42 Å². The van der Waals surface area contributed by atoms with Gasteiger partial charge in [0.2, 0.25) is 10.0 Å². The van der Waals surface area contributed by atoms with Gasteiger partial charge >= 0.3 is 0 Å². The third kappa shape index (κ3) is 2.68. The summed E-state index contributed by atoms with van der Waals surface area (Å²) in [5, 5.41) is 0. The Morgan fingerprint density at radius 1 is 1.00 bits per heavy atom. The van der Waals surface area contributed by atoms with Crippen molar-refractivity contribution in [2.45, 2.75) is 40.2 Å². The van der Waals surface area contributed by atoms with E-state index >= 15 is 0 Å². The fourth-order valence-electron chi connectivity index (χ4n) is 0.887. The van der Waals surface area contributed by atoms with Gasteiger partial charge in [0.05, 0.1) is 6.26 Å². The van der Waals surface area contributed by atoms with E-state index in [1.807, 2.05) is 34.6 Å². The Morgan fingerprint density at radius 2 is 1.31 bits per heavy atom. The summed E-state index contributed by atoms with van der Waals surface area (Å²) in [6.07, 6.45) is 1.24. The molecule has 0 radical (unpaired) electrons. The molecule has 0 aliphatic heterocycles. The molecule has 0 aliphatic rings. The topological polar surface area (TPSA) is 37.4 Å². The van der Waals surface area contributed by atoms with Crippen LogP contribution in [0.1, 0.15) is 34.6 Å². The molecule has 0 N–H and O–H groups in total. The molecule has 0 aromatic heterocycles. The summed E-state index contributed by atoms with van der Waals surface area (Å²) in [7, 11) is -1.48. The summed E-state index contributed by atoms with van der Waals surface area (Å²) in [5.41, 5.74) is -0.453. The lowest BCUT2D eigenvalue weighted by Gasteiger charge is -2.44. The van der Waals surface area contributed by atoms with E-state index in [-0.39, 0.29) is 11.0 Å². The molecule has 3 nitrogen and oxygen atoms in total. The van der Waals surface area contributed by atoms with Crippen LogP contribution in [0.5, 0.6) is 0 Å². The van der Waals surface area contributed by atoms with Crippen LogP contribution in [0.3, 0.4) is 0 Å². The van der Waals surface area contributed by atoms with E-state index in [2.05, 4.69) is 0 Å².